The number of anilines is 1. The number of hydrogen-bond donors (Lipinski definition) is 2. The zero-order valence-corrected chi connectivity index (χ0v) is 17.0. The van der Waals surface area contributed by atoms with Crippen molar-refractivity contribution >= 4 is 23.1 Å². The normalized spacial score (nSPS) is 11.6. The Balaban J connectivity index is 1.29. The molecular formula is C24H22N4O3. The highest BCUT2D eigenvalue weighted by Gasteiger charge is 2.16. The van der Waals surface area contributed by atoms with E-state index in [9.17, 15) is 9.59 Å². The lowest BCUT2D eigenvalue weighted by Crippen LogP contribution is -2.41. The standard InChI is InChI=1S/C24H22N4O3/c1-17(25-24(30)18-7-3-2-4-8-18)23(29)27-19-10-12-21(13-11-19)31-16-20-15-28-14-6-5-9-22(28)26-20/h2-15,17H,16H2,1H3,(H,25,30)(H,27,29). The van der Waals surface area contributed by atoms with Crippen LogP contribution in [0.1, 0.15) is 23.0 Å². The van der Waals surface area contributed by atoms with Gasteiger partial charge in [-0.15, -0.1) is 0 Å². The lowest BCUT2D eigenvalue weighted by atomic mass is 10.2. The number of fused-ring (bicyclic) bond motifs is 1. The molecule has 0 aliphatic rings. The van der Waals surface area contributed by atoms with Crippen molar-refractivity contribution in [3.8, 4) is 5.75 Å². The summed E-state index contributed by atoms with van der Waals surface area (Å²) < 4.78 is 7.72. The second-order valence-electron chi connectivity index (χ2n) is 7.06. The second-order valence-corrected chi connectivity index (χ2v) is 7.06. The smallest absolute Gasteiger partial charge is 0.251 e. The van der Waals surface area contributed by atoms with Crippen molar-refractivity contribution in [2.24, 2.45) is 0 Å². The van der Waals surface area contributed by atoms with Gasteiger partial charge in [-0.2, -0.15) is 0 Å². The van der Waals surface area contributed by atoms with Gasteiger partial charge in [-0.05, 0) is 55.5 Å². The average molecular weight is 414 g/mol. The maximum atomic E-state index is 12.4. The molecule has 31 heavy (non-hydrogen) atoms. The number of benzene rings is 2. The molecule has 4 rings (SSSR count). The van der Waals surface area contributed by atoms with Gasteiger partial charge in [-0.1, -0.05) is 24.3 Å². The molecule has 1 unspecified atom stereocenters. The van der Waals surface area contributed by atoms with Gasteiger partial charge in [-0.3, -0.25) is 9.59 Å². The number of ether oxygens (including phenoxy) is 1. The van der Waals surface area contributed by atoms with Crippen molar-refractivity contribution in [1.29, 1.82) is 0 Å². The van der Waals surface area contributed by atoms with Crippen molar-refractivity contribution in [2.75, 3.05) is 5.32 Å². The van der Waals surface area contributed by atoms with E-state index >= 15 is 0 Å². The van der Waals surface area contributed by atoms with Crippen LogP contribution in [-0.4, -0.2) is 27.2 Å². The molecule has 2 aromatic heterocycles. The third kappa shape index (κ3) is 5.08. The number of aromatic nitrogens is 2. The molecule has 2 amide bonds. The molecule has 0 saturated carbocycles. The summed E-state index contributed by atoms with van der Waals surface area (Å²) >= 11 is 0. The van der Waals surface area contributed by atoms with Crippen molar-refractivity contribution in [1.82, 2.24) is 14.7 Å². The Morgan fingerprint density at radius 3 is 2.48 bits per heavy atom. The van der Waals surface area contributed by atoms with E-state index in [1.54, 1.807) is 55.5 Å². The molecule has 2 heterocycles. The van der Waals surface area contributed by atoms with E-state index in [-0.39, 0.29) is 11.8 Å². The van der Waals surface area contributed by atoms with Crippen LogP contribution in [0.15, 0.2) is 85.2 Å². The number of nitrogens with one attached hydrogen (secondary N) is 2. The zero-order valence-electron chi connectivity index (χ0n) is 17.0. The van der Waals surface area contributed by atoms with E-state index in [0.29, 0.717) is 23.6 Å². The molecule has 0 aliphatic carbocycles. The van der Waals surface area contributed by atoms with Gasteiger partial charge in [0.25, 0.3) is 5.91 Å². The molecule has 1 atom stereocenters. The fourth-order valence-corrected chi connectivity index (χ4v) is 3.03. The molecule has 0 radical (unpaired) electrons. The first-order chi connectivity index (χ1) is 15.1. The van der Waals surface area contributed by atoms with Crippen molar-refractivity contribution in [2.45, 2.75) is 19.6 Å². The maximum absolute atomic E-state index is 12.4. The predicted octanol–water partition coefficient (Wildman–Crippen LogP) is 3.67. The Kier molecular flexibility index (Phi) is 5.93. The summed E-state index contributed by atoms with van der Waals surface area (Å²) in [5, 5.41) is 5.48. The number of nitrogens with zero attached hydrogens (tertiary/aromatic N) is 2. The average Bonchev–Trinajstić information content (AvgIpc) is 3.22. The molecule has 0 aliphatic heterocycles. The molecule has 0 fully saturated rings. The quantitative estimate of drug-likeness (QED) is 0.483. The molecule has 156 valence electrons. The van der Waals surface area contributed by atoms with Crippen LogP contribution in [0.5, 0.6) is 5.75 Å². The van der Waals surface area contributed by atoms with Crippen molar-refractivity contribution in [3.05, 3.63) is 96.4 Å². The van der Waals surface area contributed by atoms with E-state index in [1.165, 1.54) is 0 Å². The number of carbonyl (C=O) groups excluding carboxylic acids is 2. The summed E-state index contributed by atoms with van der Waals surface area (Å²) in [6.45, 7) is 1.98. The first-order valence-electron chi connectivity index (χ1n) is 9.91. The fourth-order valence-electron chi connectivity index (χ4n) is 3.03. The van der Waals surface area contributed by atoms with E-state index in [1.807, 2.05) is 41.1 Å². The molecule has 4 aromatic rings. The van der Waals surface area contributed by atoms with Crippen LogP contribution in [0, 0.1) is 0 Å². The van der Waals surface area contributed by atoms with Crippen molar-refractivity contribution < 1.29 is 14.3 Å². The monoisotopic (exact) mass is 414 g/mol. The molecule has 2 N–H and O–H groups in total. The molecule has 0 saturated heterocycles. The number of pyridine rings is 1. The Morgan fingerprint density at radius 2 is 1.74 bits per heavy atom. The van der Waals surface area contributed by atoms with Crippen LogP contribution < -0.4 is 15.4 Å². The molecule has 0 bridgehead atoms. The van der Waals surface area contributed by atoms with E-state index in [0.717, 1.165) is 11.3 Å². The van der Waals surface area contributed by atoms with Gasteiger partial charge in [0.1, 0.15) is 24.0 Å². The Hall–Kier alpha value is -4.13. The fraction of sp³-hybridized carbons (Fsp3) is 0.125. The van der Waals surface area contributed by atoms with Crippen LogP contribution in [0.2, 0.25) is 0 Å². The number of rotatable bonds is 7. The molecule has 0 spiro atoms. The van der Waals surface area contributed by atoms with Crippen molar-refractivity contribution in [3.63, 3.8) is 0 Å². The molecule has 7 heteroatoms. The number of hydrogen-bond acceptors (Lipinski definition) is 4. The summed E-state index contributed by atoms with van der Waals surface area (Å²) in [5.74, 6) is 0.0714. The minimum Gasteiger partial charge on any atom is -0.487 e. The SMILES string of the molecule is CC(NC(=O)c1ccccc1)C(=O)Nc1ccc(OCc2cn3ccccc3n2)cc1. The highest BCUT2D eigenvalue weighted by atomic mass is 16.5. The van der Waals surface area contributed by atoms with Crippen LogP contribution in [0.3, 0.4) is 0 Å². The summed E-state index contributed by atoms with van der Waals surface area (Å²) in [5.41, 5.74) is 2.82. The third-order valence-electron chi connectivity index (χ3n) is 4.70. The summed E-state index contributed by atoms with van der Waals surface area (Å²) in [6, 6.07) is 21.0. The van der Waals surface area contributed by atoms with E-state index < -0.39 is 6.04 Å². The Morgan fingerprint density at radius 1 is 1.00 bits per heavy atom. The second kappa shape index (κ2) is 9.13. The van der Waals surface area contributed by atoms with Gasteiger partial charge in [0, 0.05) is 23.6 Å². The summed E-state index contributed by atoms with van der Waals surface area (Å²) in [7, 11) is 0. The van der Waals surface area contributed by atoms with Crippen LogP contribution in [0.25, 0.3) is 5.65 Å². The van der Waals surface area contributed by atoms with E-state index in [4.69, 9.17) is 4.74 Å². The molecular weight excluding hydrogens is 392 g/mol. The minimum absolute atomic E-state index is 0.293. The highest BCUT2D eigenvalue weighted by Crippen LogP contribution is 2.17. The Labute approximate surface area is 179 Å². The third-order valence-corrected chi connectivity index (χ3v) is 4.70. The number of carbonyl (C=O) groups is 2. The van der Waals surface area contributed by atoms with Gasteiger partial charge < -0.3 is 19.8 Å². The van der Waals surface area contributed by atoms with Crippen LogP contribution in [0.4, 0.5) is 5.69 Å². The maximum Gasteiger partial charge on any atom is 0.251 e. The zero-order chi connectivity index (χ0) is 21.6. The lowest BCUT2D eigenvalue weighted by Gasteiger charge is -2.14. The van der Waals surface area contributed by atoms with Crippen LogP contribution in [-0.2, 0) is 11.4 Å². The summed E-state index contributed by atoms with van der Waals surface area (Å²) in [6.07, 6.45) is 3.86. The molecule has 7 nitrogen and oxygen atoms in total. The molecule has 2 aromatic carbocycles. The number of imidazole rings is 1. The summed E-state index contributed by atoms with van der Waals surface area (Å²) in [4.78, 5) is 29.1. The van der Waals surface area contributed by atoms with Gasteiger partial charge in [0.2, 0.25) is 5.91 Å². The topological polar surface area (TPSA) is 84.7 Å². The largest absolute Gasteiger partial charge is 0.487 e. The Bertz CT molecular complexity index is 1150. The lowest BCUT2D eigenvalue weighted by molar-refractivity contribution is -0.117. The van der Waals surface area contributed by atoms with Gasteiger partial charge in [0.05, 0.1) is 5.69 Å². The highest BCUT2D eigenvalue weighted by molar-refractivity contribution is 6.00. The number of amides is 2. The van der Waals surface area contributed by atoms with Gasteiger partial charge >= 0.3 is 0 Å². The first-order valence-corrected chi connectivity index (χ1v) is 9.91. The van der Waals surface area contributed by atoms with Gasteiger partial charge in [-0.25, -0.2) is 4.98 Å². The predicted molar refractivity (Wildman–Crippen MR) is 118 cm³/mol. The van der Waals surface area contributed by atoms with Gasteiger partial charge in [0.15, 0.2) is 0 Å². The van der Waals surface area contributed by atoms with Crippen LogP contribution >= 0.6 is 0 Å². The van der Waals surface area contributed by atoms with E-state index in [2.05, 4.69) is 15.6 Å². The minimum atomic E-state index is -0.682. The first kappa shape index (κ1) is 20.2.